The molecule has 0 saturated carbocycles. The molecule has 4 aromatic rings. The summed E-state index contributed by atoms with van der Waals surface area (Å²) in [7, 11) is 0. The van der Waals surface area contributed by atoms with E-state index in [4.69, 9.17) is 4.42 Å². The summed E-state index contributed by atoms with van der Waals surface area (Å²) in [6.45, 7) is 5.59. The van der Waals surface area contributed by atoms with E-state index in [9.17, 15) is 14.7 Å². The minimum absolute atomic E-state index is 0.00673. The Morgan fingerprint density at radius 1 is 1.17 bits per heavy atom. The number of nitrogens with zero attached hydrogens (tertiary/aromatic N) is 1. The third-order valence-corrected chi connectivity index (χ3v) is 5.71. The topological polar surface area (TPSA) is 92.4 Å². The summed E-state index contributed by atoms with van der Waals surface area (Å²) in [5, 5.41) is 14.3. The van der Waals surface area contributed by atoms with E-state index in [1.165, 1.54) is 17.4 Å². The molecule has 0 aliphatic heterocycles. The first-order valence-electron chi connectivity index (χ1n) is 9.44. The van der Waals surface area contributed by atoms with Gasteiger partial charge in [-0.2, -0.15) is 0 Å². The van der Waals surface area contributed by atoms with Crippen molar-refractivity contribution in [3.8, 4) is 11.3 Å². The first-order valence-corrected chi connectivity index (χ1v) is 10.3. The fourth-order valence-electron chi connectivity index (χ4n) is 3.44. The third-order valence-electron chi connectivity index (χ3n) is 4.81. The summed E-state index contributed by atoms with van der Waals surface area (Å²) in [4.78, 5) is 28.4. The van der Waals surface area contributed by atoms with Gasteiger partial charge >= 0.3 is 5.97 Å². The number of rotatable bonds is 5. The van der Waals surface area contributed by atoms with E-state index >= 15 is 0 Å². The standard InChI is InChI=1S/C23H20N2O4S/c1-12-9-16(13(2)24-22-20(23(27)28)25-14(3)30-22)21-17(10-12)18(26)11-19(29-21)15-7-5-4-6-8-15/h4-11,13,24H,1-3H3,(H,27,28). The SMILES string of the molecule is Cc1cc(C(C)Nc2sc(C)nc2C(=O)O)c2oc(-c3ccccc3)cc(=O)c2c1. The van der Waals surface area contributed by atoms with Gasteiger partial charge in [0.25, 0.3) is 0 Å². The van der Waals surface area contributed by atoms with Crippen molar-refractivity contribution in [1.29, 1.82) is 0 Å². The number of fused-ring (bicyclic) bond motifs is 1. The van der Waals surface area contributed by atoms with E-state index in [1.54, 1.807) is 6.92 Å². The first-order chi connectivity index (χ1) is 14.3. The van der Waals surface area contributed by atoms with E-state index in [0.717, 1.165) is 16.7 Å². The first kappa shape index (κ1) is 19.8. The van der Waals surface area contributed by atoms with Crippen LogP contribution in [0.2, 0.25) is 0 Å². The maximum atomic E-state index is 12.8. The van der Waals surface area contributed by atoms with Gasteiger partial charge < -0.3 is 14.8 Å². The average Bonchev–Trinajstić information content (AvgIpc) is 3.09. The number of aromatic nitrogens is 1. The molecule has 0 fully saturated rings. The van der Waals surface area contributed by atoms with Crippen LogP contribution in [-0.2, 0) is 0 Å². The summed E-state index contributed by atoms with van der Waals surface area (Å²) in [6.07, 6.45) is 0. The van der Waals surface area contributed by atoms with Gasteiger partial charge in [0.05, 0.1) is 16.4 Å². The number of nitrogens with one attached hydrogen (secondary N) is 1. The highest BCUT2D eigenvalue weighted by Crippen LogP contribution is 2.33. The highest BCUT2D eigenvalue weighted by molar-refractivity contribution is 7.16. The van der Waals surface area contributed by atoms with E-state index in [0.29, 0.717) is 26.7 Å². The summed E-state index contributed by atoms with van der Waals surface area (Å²) in [6, 6.07) is 14.4. The Kier molecular flexibility index (Phi) is 5.13. The number of hydrogen-bond donors (Lipinski definition) is 2. The van der Waals surface area contributed by atoms with Gasteiger partial charge in [-0.05, 0) is 32.4 Å². The Balaban J connectivity index is 1.84. The van der Waals surface area contributed by atoms with Crippen LogP contribution in [0.4, 0.5) is 5.00 Å². The number of carboxylic acid groups (broad SMARTS) is 1. The zero-order chi connectivity index (χ0) is 21.4. The van der Waals surface area contributed by atoms with Gasteiger partial charge in [-0.1, -0.05) is 36.4 Å². The average molecular weight is 420 g/mol. The van der Waals surface area contributed by atoms with Crippen molar-refractivity contribution in [3.05, 3.63) is 80.6 Å². The monoisotopic (exact) mass is 420 g/mol. The summed E-state index contributed by atoms with van der Waals surface area (Å²) < 4.78 is 6.19. The molecule has 0 bridgehead atoms. The number of aryl methyl sites for hydroxylation is 2. The molecule has 2 heterocycles. The fraction of sp³-hybridized carbons (Fsp3) is 0.174. The lowest BCUT2D eigenvalue weighted by Crippen LogP contribution is -2.11. The Bertz CT molecular complexity index is 1310. The zero-order valence-corrected chi connectivity index (χ0v) is 17.5. The Labute approximate surface area is 176 Å². The van der Waals surface area contributed by atoms with Gasteiger partial charge in [0.1, 0.15) is 16.3 Å². The maximum absolute atomic E-state index is 12.8. The number of anilines is 1. The normalized spacial score (nSPS) is 12.1. The van der Waals surface area contributed by atoms with Crippen LogP contribution in [0.15, 0.2) is 57.7 Å². The van der Waals surface area contributed by atoms with E-state index in [-0.39, 0.29) is 17.2 Å². The second-order valence-electron chi connectivity index (χ2n) is 7.15. The van der Waals surface area contributed by atoms with Gasteiger partial charge in [0.2, 0.25) is 0 Å². The molecular weight excluding hydrogens is 400 g/mol. The zero-order valence-electron chi connectivity index (χ0n) is 16.7. The third kappa shape index (κ3) is 3.71. The van der Waals surface area contributed by atoms with Crippen molar-refractivity contribution >= 4 is 33.3 Å². The number of thiazole rings is 1. The molecular formula is C23H20N2O4S. The molecule has 0 radical (unpaired) electrons. The molecule has 0 aliphatic carbocycles. The molecule has 0 amide bonds. The number of carboxylic acids is 1. The summed E-state index contributed by atoms with van der Waals surface area (Å²) in [5.41, 5.74) is 2.88. The predicted molar refractivity (Wildman–Crippen MR) is 119 cm³/mol. The van der Waals surface area contributed by atoms with E-state index < -0.39 is 5.97 Å². The predicted octanol–water partition coefficient (Wildman–Crippen LogP) is 5.40. The molecule has 0 aliphatic rings. The number of benzene rings is 2. The largest absolute Gasteiger partial charge is 0.476 e. The van der Waals surface area contributed by atoms with Crippen molar-refractivity contribution in [3.63, 3.8) is 0 Å². The van der Waals surface area contributed by atoms with Crippen molar-refractivity contribution in [2.45, 2.75) is 26.8 Å². The van der Waals surface area contributed by atoms with Crippen LogP contribution in [0.25, 0.3) is 22.3 Å². The Morgan fingerprint density at radius 2 is 1.90 bits per heavy atom. The summed E-state index contributed by atoms with van der Waals surface area (Å²) in [5.74, 6) is -0.591. The van der Waals surface area contributed by atoms with Crippen LogP contribution in [0.5, 0.6) is 0 Å². The highest BCUT2D eigenvalue weighted by atomic mass is 32.1. The fourth-order valence-corrected chi connectivity index (χ4v) is 4.34. The molecule has 2 N–H and O–H groups in total. The molecule has 0 saturated heterocycles. The highest BCUT2D eigenvalue weighted by Gasteiger charge is 2.21. The van der Waals surface area contributed by atoms with Crippen molar-refractivity contribution in [2.75, 3.05) is 5.32 Å². The molecule has 4 rings (SSSR count). The van der Waals surface area contributed by atoms with Crippen molar-refractivity contribution in [1.82, 2.24) is 4.98 Å². The quantitative estimate of drug-likeness (QED) is 0.449. The second kappa shape index (κ2) is 7.76. The Hall–Kier alpha value is -3.45. The molecule has 0 spiro atoms. The smallest absolute Gasteiger partial charge is 0.357 e. The second-order valence-corrected chi connectivity index (χ2v) is 8.36. The van der Waals surface area contributed by atoms with E-state index in [2.05, 4.69) is 10.3 Å². The lowest BCUT2D eigenvalue weighted by atomic mass is 10.0. The van der Waals surface area contributed by atoms with Gasteiger partial charge in [-0.15, -0.1) is 11.3 Å². The molecule has 1 atom stereocenters. The van der Waals surface area contributed by atoms with Crippen LogP contribution in [0.3, 0.4) is 0 Å². The molecule has 2 aromatic carbocycles. The van der Waals surface area contributed by atoms with Crippen molar-refractivity contribution < 1.29 is 14.3 Å². The van der Waals surface area contributed by atoms with E-state index in [1.807, 2.05) is 56.3 Å². The minimum atomic E-state index is -1.08. The Morgan fingerprint density at radius 3 is 2.60 bits per heavy atom. The van der Waals surface area contributed by atoms with Gasteiger partial charge in [-0.25, -0.2) is 9.78 Å². The van der Waals surface area contributed by atoms with Crippen LogP contribution >= 0.6 is 11.3 Å². The van der Waals surface area contributed by atoms with Crippen LogP contribution in [0, 0.1) is 13.8 Å². The van der Waals surface area contributed by atoms with Crippen LogP contribution in [-0.4, -0.2) is 16.1 Å². The minimum Gasteiger partial charge on any atom is -0.476 e. The number of hydrogen-bond acceptors (Lipinski definition) is 6. The molecule has 1 unspecified atom stereocenters. The number of carbonyl (C=O) groups is 1. The molecule has 6 nitrogen and oxygen atoms in total. The van der Waals surface area contributed by atoms with Gasteiger partial charge in [0.15, 0.2) is 11.1 Å². The lowest BCUT2D eigenvalue weighted by molar-refractivity contribution is 0.0692. The van der Waals surface area contributed by atoms with Gasteiger partial charge in [0, 0.05) is 17.2 Å². The molecule has 30 heavy (non-hydrogen) atoms. The molecule has 7 heteroatoms. The summed E-state index contributed by atoms with van der Waals surface area (Å²) >= 11 is 1.28. The van der Waals surface area contributed by atoms with Crippen molar-refractivity contribution in [2.24, 2.45) is 0 Å². The number of aromatic carboxylic acids is 1. The van der Waals surface area contributed by atoms with Gasteiger partial charge in [-0.3, -0.25) is 4.79 Å². The van der Waals surface area contributed by atoms with Crippen LogP contribution < -0.4 is 10.7 Å². The van der Waals surface area contributed by atoms with Crippen LogP contribution in [0.1, 0.15) is 39.6 Å². The maximum Gasteiger partial charge on any atom is 0.357 e. The lowest BCUT2D eigenvalue weighted by Gasteiger charge is -2.17. The molecule has 2 aromatic heterocycles. The molecule has 152 valence electrons.